The molecule has 0 saturated carbocycles. The Hall–Kier alpha value is -2.86. The summed E-state index contributed by atoms with van der Waals surface area (Å²) in [6.45, 7) is 1.99. The Labute approximate surface area is 206 Å². The predicted octanol–water partition coefficient (Wildman–Crippen LogP) is 3.26. The molecule has 36 heavy (non-hydrogen) atoms. The number of rotatable bonds is 6. The Bertz CT molecular complexity index is 1250. The lowest BCUT2D eigenvalue weighted by Gasteiger charge is -2.31. The van der Waals surface area contributed by atoms with Crippen LogP contribution >= 0.6 is 0 Å². The third-order valence-corrected chi connectivity index (χ3v) is 7.75. The van der Waals surface area contributed by atoms with Gasteiger partial charge < -0.3 is 4.74 Å². The number of halogens is 4. The van der Waals surface area contributed by atoms with Gasteiger partial charge >= 0.3 is 0 Å². The van der Waals surface area contributed by atoms with Gasteiger partial charge in [0.25, 0.3) is 0 Å². The summed E-state index contributed by atoms with van der Waals surface area (Å²) in [7, 11) is -3.84. The van der Waals surface area contributed by atoms with Gasteiger partial charge in [-0.1, -0.05) is 12.1 Å². The lowest BCUT2D eigenvalue weighted by Crippen LogP contribution is -2.45. The van der Waals surface area contributed by atoms with Crippen molar-refractivity contribution in [1.29, 1.82) is 0 Å². The number of hydrogen-bond donors (Lipinski definition) is 0. The van der Waals surface area contributed by atoms with E-state index in [0.29, 0.717) is 26.3 Å². The molecule has 2 heterocycles. The highest BCUT2D eigenvalue weighted by Crippen LogP contribution is 2.25. The highest BCUT2D eigenvalue weighted by atomic mass is 32.2. The van der Waals surface area contributed by atoms with E-state index < -0.39 is 39.1 Å². The highest BCUT2D eigenvalue weighted by molar-refractivity contribution is 7.89. The summed E-state index contributed by atoms with van der Waals surface area (Å²) >= 11 is 0. The standard InChI is InChI=1S/C25H24F4N2O4S/c26-21-3-1-17(13-23(21)28)11-19-15-31(36(33,34)10-7-30-5-8-35-9-6-30)16-20(25(19)32)12-18-2-4-22(27)24(29)14-18/h1-4,11-14H,5-10,15-16H2/b19-11+,20-12+. The van der Waals surface area contributed by atoms with Crippen LogP contribution in [0.2, 0.25) is 0 Å². The smallest absolute Gasteiger partial charge is 0.215 e. The Morgan fingerprint density at radius 2 is 1.31 bits per heavy atom. The van der Waals surface area contributed by atoms with Crippen LogP contribution in [0.15, 0.2) is 47.5 Å². The zero-order valence-electron chi connectivity index (χ0n) is 19.2. The molecule has 192 valence electrons. The third kappa shape index (κ3) is 6.28. The van der Waals surface area contributed by atoms with Gasteiger partial charge in [-0.15, -0.1) is 0 Å². The van der Waals surface area contributed by atoms with Gasteiger partial charge in [-0.25, -0.2) is 26.0 Å². The second kappa shape index (κ2) is 11.0. The number of sulfonamides is 1. The van der Waals surface area contributed by atoms with Crippen molar-refractivity contribution in [2.24, 2.45) is 0 Å². The van der Waals surface area contributed by atoms with E-state index in [-0.39, 0.29) is 47.7 Å². The molecule has 2 aromatic carbocycles. The first-order chi connectivity index (χ1) is 17.1. The first-order valence-corrected chi connectivity index (χ1v) is 12.9. The monoisotopic (exact) mass is 524 g/mol. The van der Waals surface area contributed by atoms with Gasteiger partial charge in [0.05, 0.1) is 19.0 Å². The first kappa shape index (κ1) is 26.2. The number of morpholine rings is 1. The highest BCUT2D eigenvalue weighted by Gasteiger charge is 2.33. The van der Waals surface area contributed by atoms with Crippen molar-refractivity contribution in [1.82, 2.24) is 9.21 Å². The minimum atomic E-state index is -3.84. The second-order valence-corrected chi connectivity index (χ2v) is 10.6. The minimum absolute atomic E-state index is 0.0380. The second-order valence-electron chi connectivity index (χ2n) is 8.55. The summed E-state index contributed by atoms with van der Waals surface area (Å²) in [6.07, 6.45) is 2.60. The van der Waals surface area contributed by atoms with Crippen molar-refractivity contribution in [3.8, 4) is 0 Å². The summed E-state index contributed by atoms with van der Waals surface area (Å²) in [4.78, 5) is 15.2. The fraction of sp³-hybridized carbons (Fsp3) is 0.320. The minimum Gasteiger partial charge on any atom is -0.379 e. The Morgan fingerprint density at radius 1 is 0.806 bits per heavy atom. The zero-order chi connectivity index (χ0) is 25.9. The first-order valence-electron chi connectivity index (χ1n) is 11.3. The van der Waals surface area contributed by atoms with Crippen LogP contribution in [0.3, 0.4) is 0 Å². The number of nitrogens with zero attached hydrogens (tertiary/aromatic N) is 2. The van der Waals surface area contributed by atoms with Gasteiger partial charge in [-0.3, -0.25) is 9.69 Å². The van der Waals surface area contributed by atoms with E-state index in [2.05, 4.69) is 0 Å². The average Bonchev–Trinajstić information content (AvgIpc) is 2.85. The van der Waals surface area contributed by atoms with Gasteiger partial charge in [-0.2, -0.15) is 4.31 Å². The van der Waals surface area contributed by atoms with Gasteiger partial charge in [0.15, 0.2) is 29.1 Å². The lowest BCUT2D eigenvalue weighted by molar-refractivity contribution is -0.113. The van der Waals surface area contributed by atoms with Crippen LogP contribution in [0.1, 0.15) is 11.1 Å². The molecule has 0 unspecified atom stereocenters. The number of ether oxygens (including phenoxy) is 1. The fourth-order valence-corrected chi connectivity index (χ4v) is 5.43. The normalized spacial score (nSPS) is 20.4. The van der Waals surface area contributed by atoms with E-state index in [1.807, 2.05) is 4.90 Å². The van der Waals surface area contributed by atoms with Crippen LogP contribution in [-0.4, -0.2) is 75.1 Å². The van der Waals surface area contributed by atoms with E-state index in [4.69, 9.17) is 4.74 Å². The predicted molar refractivity (Wildman–Crippen MR) is 126 cm³/mol. The Balaban J connectivity index is 1.66. The molecular weight excluding hydrogens is 500 g/mol. The lowest BCUT2D eigenvalue weighted by atomic mass is 9.95. The van der Waals surface area contributed by atoms with E-state index in [1.165, 1.54) is 24.3 Å². The number of carbonyl (C=O) groups is 1. The molecule has 0 aromatic heterocycles. The number of Topliss-reactive ketones (excluding diaryl/α,β-unsaturated/α-hetero) is 1. The maximum Gasteiger partial charge on any atom is 0.215 e. The van der Waals surface area contributed by atoms with Gasteiger partial charge in [0.2, 0.25) is 10.0 Å². The summed E-state index contributed by atoms with van der Waals surface area (Å²) in [5.41, 5.74) is 0.432. The maximum absolute atomic E-state index is 13.7. The molecule has 6 nitrogen and oxygen atoms in total. The summed E-state index contributed by atoms with van der Waals surface area (Å²) in [6, 6.07) is 6.15. The van der Waals surface area contributed by atoms with Crippen LogP contribution < -0.4 is 0 Å². The number of ketones is 1. The van der Waals surface area contributed by atoms with Gasteiger partial charge in [-0.05, 0) is 47.5 Å². The molecule has 2 aliphatic rings. The largest absolute Gasteiger partial charge is 0.379 e. The number of piperidine rings is 1. The quantitative estimate of drug-likeness (QED) is 0.429. The number of hydrogen-bond acceptors (Lipinski definition) is 5. The van der Waals surface area contributed by atoms with Crippen LogP contribution in [0, 0.1) is 23.3 Å². The molecule has 0 aliphatic carbocycles. The van der Waals surface area contributed by atoms with Crippen LogP contribution in [-0.2, 0) is 19.6 Å². The molecule has 0 bridgehead atoms. The molecule has 11 heteroatoms. The van der Waals surface area contributed by atoms with Gasteiger partial charge in [0.1, 0.15) is 0 Å². The van der Waals surface area contributed by atoms with E-state index >= 15 is 0 Å². The molecule has 2 aliphatic heterocycles. The molecule has 0 amide bonds. The van der Waals surface area contributed by atoms with Gasteiger partial charge in [0, 0.05) is 43.9 Å². The fourth-order valence-electron chi connectivity index (χ4n) is 4.01. The van der Waals surface area contributed by atoms with E-state index in [9.17, 15) is 30.8 Å². The van der Waals surface area contributed by atoms with Crippen molar-refractivity contribution >= 4 is 28.0 Å². The Kier molecular flexibility index (Phi) is 8.04. The molecule has 4 rings (SSSR count). The summed E-state index contributed by atoms with van der Waals surface area (Å²) in [5, 5.41) is 0. The summed E-state index contributed by atoms with van der Waals surface area (Å²) in [5.74, 6) is -5.06. The number of carbonyl (C=O) groups excluding carboxylic acids is 1. The van der Waals surface area contributed by atoms with Crippen molar-refractivity contribution in [3.63, 3.8) is 0 Å². The van der Waals surface area contributed by atoms with E-state index in [1.54, 1.807) is 0 Å². The summed E-state index contributed by atoms with van der Waals surface area (Å²) < 4.78 is 87.0. The Morgan fingerprint density at radius 3 is 1.78 bits per heavy atom. The topological polar surface area (TPSA) is 66.9 Å². The molecule has 2 aromatic rings. The molecule has 0 N–H and O–H groups in total. The van der Waals surface area contributed by atoms with Crippen molar-refractivity contribution < 1.29 is 35.5 Å². The SMILES string of the molecule is O=C1/C(=C/c2ccc(F)c(F)c2)CN(S(=O)(=O)CCN2CCOCC2)C/C1=C\c1ccc(F)c(F)c1. The van der Waals surface area contributed by atoms with Crippen molar-refractivity contribution in [2.75, 3.05) is 51.7 Å². The number of benzene rings is 2. The molecule has 0 radical (unpaired) electrons. The van der Waals surface area contributed by atoms with Crippen LogP contribution in [0.4, 0.5) is 17.6 Å². The molecule has 2 fully saturated rings. The van der Waals surface area contributed by atoms with Crippen molar-refractivity contribution in [2.45, 2.75) is 0 Å². The van der Waals surface area contributed by atoms with Crippen molar-refractivity contribution in [3.05, 3.63) is 81.9 Å². The third-order valence-electron chi connectivity index (χ3n) is 6.01. The zero-order valence-corrected chi connectivity index (χ0v) is 20.0. The average molecular weight is 525 g/mol. The molecule has 2 saturated heterocycles. The molecule has 0 atom stereocenters. The van der Waals surface area contributed by atoms with E-state index in [0.717, 1.165) is 28.6 Å². The molecular formula is C25H24F4N2O4S. The van der Waals surface area contributed by atoms with Crippen LogP contribution in [0.5, 0.6) is 0 Å². The maximum atomic E-state index is 13.7. The molecule has 0 spiro atoms. The van der Waals surface area contributed by atoms with Crippen LogP contribution in [0.25, 0.3) is 12.2 Å².